The van der Waals surface area contributed by atoms with Gasteiger partial charge in [-0.15, -0.1) is 0 Å². The number of nitrogens with one attached hydrogen (secondary N) is 2. The molecule has 2 atom stereocenters. The van der Waals surface area contributed by atoms with E-state index in [-0.39, 0.29) is 12.1 Å². The SMILES string of the molecule is COc1cc(NC2CNC[C@@H]2OC)ncn1. The van der Waals surface area contributed by atoms with Crippen molar-refractivity contribution in [3.8, 4) is 5.88 Å². The van der Waals surface area contributed by atoms with E-state index >= 15 is 0 Å². The second-order valence-electron chi connectivity index (χ2n) is 3.63. The molecule has 88 valence electrons. The Balaban J connectivity index is 2.02. The second-order valence-corrected chi connectivity index (χ2v) is 3.63. The molecule has 2 heterocycles. The van der Waals surface area contributed by atoms with Gasteiger partial charge in [0, 0.05) is 26.3 Å². The maximum atomic E-state index is 5.35. The molecule has 0 aromatic carbocycles. The van der Waals surface area contributed by atoms with Crippen LogP contribution in [0, 0.1) is 0 Å². The Kier molecular flexibility index (Phi) is 3.53. The van der Waals surface area contributed by atoms with Gasteiger partial charge in [-0.2, -0.15) is 0 Å². The van der Waals surface area contributed by atoms with Crippen LogP contribution in [-0.4, -0.2) is 49.4 Å². The third-order valence-corrected chi connectivity index (χ3v) is 2.65. The largest absolute Gasteiger partial charge is 0.481 e. The highest BCUT2D eigenvalue weighted by Crippen LogP contribution is 2.14. The topological polar surface area (TPSA) is 68.3 Å². The smallest absolute Gasteiger partial charge is 0.218 e. The van der Waals surface area contributed by atoms with E-state index in [0.717, 1.165) is 18.9 Å². The highest BCUT2D eigenvalue weighted by molar-refractivity contribution is 5.39. The molecular weight excluding hydrogens is 208 g/mol. The molecule has 0 saturated carbocycles. The molecule has 1 aliphatic rings. The van der Waals surface area contributed by atoms with Gasteiger partial charge in [0.2, 0.25) is 5.88 Å². The Morgan fingerprint density at radius 3 is 3.00 bits per heavy atom. The summed E-state index contributed by atoms with van der Waals surface area (Å²) in [6.45, 7) is 1.72. The van der Waals surface area contributed by atoms with Crippen LogP contribution in [0.1, 0.15) is 0 Å². The van der Waals surface area contributed by atoms with E-state index < -0.39 is 0 Å². The van der Waals surface area contributed by atoms with Gasteiger partial charge < -0.3 is 20.1 Å². The lowest BCUT2D eigenvalue weighted by molar-refractivity contribution is 0.111. The molecule has 6 heteroatoms. The normalized spacial score (nSPS) is 24.4. The summed E-state index contributed by atoms with van der Waals surface area (Å²) in [6.07, 6.45) is 1.65. The van der Waals surface area contributed by atoms with Crippen molar-refractivity contribution in [1.82, 2.24) is 15.3 Å². The van der Waals surface area contributed by atoms with Crippen molar-refractivity contribution in [2.45, 2.75) is 12.1 Å². The van der Waals surface area contributed by atoms with E-state index in [1.165, 1.54) is 6.33 Å². The molecule has 1 unspecified atom stereocenters. The molecule has 6 nitrogen and oxygen atoms in total. The number of anilines is 1. The minimum Gasteiger partial charge on any atom is -0.481 e. The van der Waals surface area contributed by atoms with E-state index in [9.17, 15) is 0 Å². The fraction of sp³-hybridized carbons (Fsp3) is 0.600. The summed E-state index contributed by atoms with van der Waals surface area (Å²) in [7, 11) is 3.30. The van der Waals surface area contributed by atoms with Crippen LogP contribution in [0.25, 0.3) is 0 Å². The van der Waals surface area contributed by atoms with Crippen molar-refractivity contribution in [2.75, 3.05) is 32.6 Å². The predicted molar refractivity (Wildman–Crippen MR) is 59.7 cm³/mol. The Morgan fingerprint density at radius 1 is 1.38 bits per heavy atom. The average Bonchev–Trinajstić information content (AvgIpc) is 2.76. The minimum absolute atomic E-state index is 0.168. The highest BCUT2D eigenvalue weighted by Gasteiger charge is 2.26. The minimum atomic E-state index is 0.168. The predicted octanol–water partition coefficient (Wildman–Crippen LogP) is -0.116. The third-order valence-electron chi connectivity index (χ3n) is 2.65. The first-order valence-corrected chi connectivity index (χ1v) is 5.19. The van der Waals surface area contributed by atoms with Gasteiger partial charge in [0.25, 0.3) is 0 Å². The lowest BCUT2D eigenvalue weighted by atomic mass is 10.2. The highest BCUT2D eigenvalue weighted by atomic mass is 16.5. The molecule has 1 fully saturated rings. The molecular formula is C10H16N4O2. The number of hydrogen-bond donors (Lipinski definition) is 2. The number of rotatable bonds is 4. The molecule has 1 aromatic heterocycles. The number of ether oxygens (including phenoxy) is 2. The van der Waals surface area contributed by atoms with Crippen LogP contribution < -0.4 is 15.4 Å². The van der Waals surface area contributed by atoms with Crippen molar-refractivity contribution in [2.24, 2.45) is 0 Å². The number of nitrogens with zero attached hydrogens (tertiary/aromatic N) is 2. The first-order chi connectivity index (χ1) is 7.83. The zero-order valence-corrected chi connectivity index (χ0v) is 9.43. The Bertz CT molecular complexity index is 347. The van der Waals surface area contributed by atoms with E-state index in [1.54, 1.807) is 20.3 Å². The molecule has 2 rings (SSSR count). The zero-order valence-electron chi connectivity index (χ0n) is 9.43. The molecule has 2 N–H and O–H groups in total. The van der Waals surface area contributed by atoms with E-state index in [2.05, 4.69) is 20.6 Å². The van der Waals surface area contributed by atoms with E-state index in [0.29, 0.717) is 5.88 Å². The summed E-state index contributed by atoms with van der Waals surface area (Å²) in [4.78, 5) is 8.09. The van der Waals surface area contributed by atoms with Gasteiger partial charge in [-0.25, -0.2) is 9.97 Å². The summed E-state index contributed by atoms with van der Waals surface area (Å²) < 4.78 is 10.4. The first kappa shape index (κ1) is 11.1. The van der Waals surface area contributed by atoms with Crippen molar-refractivity contribution in [3.63, 3.8) is 0 Å². The van der Waals surface area contributed by atoms with Crippen LogP contribution >= 0.6 is 0 Å². The Labute approximate surface area is 94.4 Å². The fourth-order valence-electron chi connectivity index (χ4n) is 1.77. The van der Waals surface area contributed by atoms with Crippen molar-refractivity contribution in [3.05, 3.63) is 12.4 Å². The molecule has 0 radical (unpaired) electrons. The lowest BCUT2D eigenvalue weighted by Crippen LogP contribution is -2.33. The van der Waals surface area contributed by atoms with Crippen molar-refractivity contribution < 1.29 is 9.47 Å². The van der Waals surface area contributed by atoms with E-state index in [4.69, 9.17) is 9.47 Å². The van der Waals surface area contributed by atoms with Crippen LogP contribution in [0.15, 0.2) is 12.4 Å². The summed E-state index contributed by atoms with van der Waals surface area (Å²) in [5, 5.41) is 6.56. The standard InChI is InChI=1S/C10H16N4O2/c1-15-8-5-11-4-7(8)14-9-3-10(16-2)13-6-12-9/h3,6-8,11H,4-5H2,1-2H3,(H,12,13,14)/t7?,8-/m0/s1. The molecule has 0 aliphatic carbocycles. The van der Waals surface area contributed by atoms with Gasteiger partial charge >= 0.3 is 0 Å². The van der Waals surface area contributed by atoms with Crippen molar-refractivity contribution in [1.29, 1.82) is 0 Å². The third kappa shape index (κ3) is 2.40. The fourth-order valence-corrected chi connectivity index (χ4v) is 1.77. The van der Waals surface area contributed by atoms with Gasteiger partial charge in [0.1, 0.15) is 12.1 Å². The summed E-state index contributed by atoms with van der Waals surface area (Å²) in [5.74, 6) is 1.31. The molecule has 1 aliphatic heterocycles. The number of aromatic nitrogens is 2. The Morgan fingerprint density at radius 2 is 2.25 bits per heavy atom. The van der Waals surface area contributed by atoms with Crippen molar-refractivity contribution >= 4 is 5.82 Å². The maximum absolute atomic E-state index is 5.35. The van der Waals surface area contributed by atoms with Crippen LogP contribution in [0.3, 0.4) is 0 Å². The molecule has 1 saturated heterocycles. The van der Waals surface area contributed by atoms with Gasteiger partial charge in [-0.3, -0.25) is 0 Å². The van der Waals surface area contributed by atoms with Gasteiger partial charge in [0.15, 0.2) is 0 Å². The summed E-state index contributed by atoms with van der Waals surface area (Å²) >= 11 is 0. The summed E-state index contributed by atoms with van der Waals surface area (Å²) in [5.41, 5.74) is 0. The summed E-state index contributed by atoms with van der Waals surface area (Å²) in [6, 6.07) is 2.00. The average molecular weight is 224 g/mol. The quantitative estimate of drug-likeness (QED) is 0.743. The molecule has 0 spiro atoms. The van der Waals surface area contributed by atoms with Crippen LogP contribution in [-0.2, 0) is 4.74 Å². The zero-order chi connectivity index (χ0) is 11.4. The maximum Gasteiger partial charge on any atom is 0.218 e. The van der Waals surface area contributed by atoms with Crippen LogP contribution in [0.2, 0.25) is 0 Å². The second kappa shape index (κ2) is 5.09. The first-order valence-electron chi connectivity index (χ1n) is 5.19. The lowest BCUT2D eigenvalue weighted by Gasteiger charge is -2.18. The molecule has 16 heavy (non-hydrogen) atoms. The Hall–Kier alpha value is -1.40. The monoisotopic (exact) mass is 224 g/mol. The molecule has 0 amide bonds. The van der Waals surface area contributed by atoms with Gasteiger partial charge in [0.05, 0.1) is 19.3 Å². The van der Waals surface area contributed by atoms with E-state index in [1.807, 2.05) is 0 Å². The molecule has 0 bridgehead atoms. The van der Waals surface area contributed by atoms with Gasteiger partial charge in [-0.05, 0) is 0 Å². The number of methoxy groups -OCH3 is 2. The molecule has 1 aromatic rings. The number of hydrogen-bond acceptors (Lipinski definition) is 6. The van der Waals surface area contributed by atoms with Crippen LogP contribution in [0.4, 0.5) is 5.82 Å². The van der Waals surface area contributed by atoms with Crippen LogP contribution in [0.5, 0.6) is 5.88 Å². The van der Waals surface area contributed by atoms with Gasteiger partial charge in [-0.1, -0.05) is 0 Å².